The van der Waals surface area contributed by atoms with E-state index in [4.69, 9.17) is 4.74 Å². The largest absolute Gasteiger partial charge is 0.378 e. The van der Waals surface area contributed by atoms with Crippen LogP contribution >= 0.6 is 0 Å². The Kier molecular flexibility index (Phi) is 2.82. The molecule has 2 aliphatic heterocycles. The lowest BCUT2D eigenvalue weighted by atomic mass is 10.2. The summed E-state index contributed by atoms with van der Waals surface area (Å²) in [6.07, 6.45) is 4.03. The highest BCUT2D eigenvalue weighted by atomic mass is 16.5. The van der Waals surface area contributed by atoms with E-state index >= 15 is 0 Å². The predicted molar refractivity (Wildman–Crippen MR) is 53.2 cm³/mol. The minimum Gasteiger partial charge on any atom is -0.378 e. The van der Waals surface area contributed by atoms with E-state index in [0.29, 0.717) is 0 Å². The van der Waals surface area contributed by atoms with Gasteiger partial charge in [0.2, 0.25) is 5.91 Å². The smallest absolute Gasteiger partial charge is 0.250 e. The molecule has 2 aliphatic rings. The lowest BCUT2D eigenvalue weighted by Gasteiger charge is -2.07. The second-order valence-corrected chi connectivity index (χ2v) is 3.83. The number of aliphatic imine (C=N–C) groups is 1. The van der Waals surface area contributed by atoms with Crippen LogP contribution in [-0.4, -0.2) is 30.5 Å². The minimum atomic E-state index is -0.161. The summed E-state index contributed by atoms with van der Waals surface area (Å²) in [6, 6.07) is -0.161. The van der Waals surface area contributed by atoms with Gasteiger partial charge in [-0.1, -0.05) is 6.92 Å². The van der Waals surface area contributed by atoms with E-state index in [0.717, 1.165) is 38.1 Å². The maximum Gasteiger partial charge on any atom is 0.250 e. The zero-order chi connectivity index (χ0) is 9.97. The fourth-order valence-electron chi connectivity index (χ4n) is 1.91. The normalized spacial score (nSPS) is 31.8. The van der Waals surface area contributed by atoms with E-state index in [9.17, 15) is 4.79 Å². The van der Waals surface area contributed by atoms with Crippen molar-refractivity contribution in [3.8, 4) is 0 Å². The summed E-state index contributed by atoms with van der Waals surface area (Å²) in [5.74, 6) is 0.856. The highest BCUT2D eigenvalue weighted by Gasteiger charge is 2.27. The van der Waals surface area contributed by atoms with Crippen molar-refractivity contribution >= 4 is 11.7 Å². The van der Waals surface area contributed by atoms with Gasteiger partial charge < -0.3 is 10.1 Å². The van der Waals surface area contributed by atoms with Crippen LogP contribution in [0.1, 0.15) is 32.6 Å². The van der Waals surface area contributed by atoms with E-state index in [-0.39, 0.29) is 18.1 Å². The van der Waals surface area contributed by atoms with Gasteiger partial charge in [-0.2, -0.15) is 0 Å². The lowest BCUT2D eigenvalue weighted by Crippen LogP contribution is -2.30. The van der Waals surface area contributed by atoms with Gasteiger partial charge >= 0.3 is 0 Å². The van der Waals surface area contributed by atoms with Gasteiger partial charge in [-0.15, -0.1) is 0 Å². The zero-order valence-electron chi connectivity index (χ0n) is 8.45. The molecule has 0 radical (unpaired) electrons. The summed E-state index contributed by atoms with van der Waals surface area (Å²) >= 11 is 0. The number of carbonyl (C=O) groups excluding carboxylic acids is 1. The Morgan fingerprint density at radius 3 is 3.07 bits per heavy atom. The number of amides is 1. The Labute approximate surface area is 83.7 Å². The molecule has 0 aromatic heterocycles. The van der Waals surface area contributed by atoms with Crippen LogP contribution in [0.4, 0.5) is 0 Å². The fraction of sp³-hybridized carbons (Fsp3) is 0.800. The van der Waals surface area contributed by atoms with E-state index in [2.05, 4.69) is 10.3 Å². The van der Waals surface area contributed by atoms with Crippen LogP contribution in [0.25, 0.3) is 0 Å². The molecule has 78 valence electrons. The second kappa shape index (κ2) is 4.09. The molecule has 2 rings (SSSR count). The predicted octanol–water partition coefficient (Wildman–Crippen LogP) is 0.862. The summed E-state index contributed by atoms with van der Waals surface area (Å²) in [7, 11) is 0. The monoisotopic (exact) mass is 196 g/mol. The van der Waals surface area contributed by atoms with E-state index in [1.54, 1.807) is 0 Å². The number of ether oxygens (including phenoxy) is 1. The minimum absolute atomic E-state index is 0.0421. The fourth-order valence-corrected chi connectivity index (χ4v) is 1.91. The van der Waals surface area contributed by atoms with Crippen molar-refractivity contribution in [1.82, 2.24) is 5.32 Å². The average molecular weight is 196 g/mol. The number of hydrogen-bond donors (Lipinski definition) is 1. The molecule has 2 unspecified atom stereocenters. The molecule has 1 amide bonds. The van der Waals surface area contributed by atoms with E-state index in [1.807, 2.05) is 6.92 Å². The average Bonchev–Trinajstić information content (AvgIpc) is 2.76. The molecule has 2 heterocycles. The number of rotatable bonds is 3. The molecule has 0 aromatic rings. The molecule has 2 atom stereocenters. The topological polar surface area (TPSA) is 50.7 Å². The van der Waals surface area contributed by atoms with Crippen molar-refractivity contribution in [2.75, 3.05) is 6.61 Å². The van der Waals surface area contributed by atoms with Gasteiger partial charge in [0.05, 0.1) is 6.10 Å². The Hall–Kier alpha value is -0.900. The van der Waals surface area contributed by atoms with Crippen molar-refractivity contribution < 1.29 is 9.53 Å². The van der Waals surface area contributed by atoms with Gasteiger partial charge in [-0.05, 0) is 19.3 Å². The van der Waals surface area contributed by atoms with Crippen LogP contribution in [0.2, 0.25) is 0 Å². The first kappa shape index (κ1) is 9.65. The van der Waals surface area contributed by atoms with Gasteiger partial charge in [0, 0.05) is 13.0 Å². The molecule has 1 fully saturated rings. The van der Waals surface area contributed by atoms with Crippen LogP contribution in [0.5, 0.6) is 0 Å². The molecule has 0 aromatic carbocycles. The third-order valence-corrected chi connectivity index (χ3v) is 2.71. The number of carbonyl (C=O) groups is 1. The van der Waals surface area contributed by atoms with Crippen LogP contribution < -0.4 is 5.32 Å². The third kappa shape index (κ3) is 1.95. The maximum absolute atomic E-state index is 11.3. The van der Waals surface area contributed by atoms with E-state index < -0.39 is 0 Å². The molecular weight excluding hydrogens is 180 g/mol. The molecule has 1 N–H and O–H groups in total. The first-order valence-corrected chi connectivity index (χ1v) is 5.28. The first-order valence-electron chi connectivity index (χ1n) is 5.28. The Morgan fingerprint density at radius 2 is 2.50 bits per heavy atom. The molecule has 0 saturated carbocycles. The summed E-state index contributed by atoms with van der Waals surface area (Å²) in [4.78, 5) is 15.7. The van der Waals surface area contributed by atoms with Crippen LogP contribution in [0, 0.1) is 0 Å². The first-order chi connectivity index (χ1) is 6.79. The standard InChI is InChI=1S/C10H16N2O2/c1-2-8-10(13)12-9(11-8)6-7-4-3-5-14-7/h7-8H,2-6H2,1H3,(H,11,12,13). The summed E-state index contributed by atoms with van der Waals surface area (Å²) in [6.45, 7) is 2.83. The SMILES string of the molecule is CCC1N=C(CC2CCCO2)NC1=O. The summed E-state index contributed by atoms with van der Waals surface area (Å²) in [5, 5.41) is 2.81. The highest BCUT2D eigenvalue weighted by molar-refractivity contribution is 6.05. The van der Waals surface area contributed by atoms with Gasteiger partial charge in [0.25, 0.3) is 0 Å². The lowest BCUT2D eigenvalue weighted by molar-refractivity contribution is -0.120. The number of hydrogen-bond acceptors (Lipinski definition) is 3. The molecule has 0 spiro atoms. The number of nitrogens with one attached hydrogen (secondary N) is 1. The molecule has 14 heavy (non-hydrogen) atoms. The van der Waals surface area contributed by atoms with Gasteiger partial charge in [-0.25, -0.2) is 0 Å². The van der Waals surface area contributed by atoms with Crippen molar-refractivity contribution in [3.05, 3.63) is 0 Å². The van der Waals surface area contributed by atoms with Crippen LogP contribution in [-0.2, 0) is 9.53 Å². The Morgan fingerprint density at radius 1 is 1.64 bits per heavy atom. The molecule has 4 heteroatoms. The van der Waals surface area contributed by atoms with Crippen LogP contribution in [0.15, 0.2) is 4.99 Å². The zero-order valence-corrected chi connectivity index (χ0v) is 8.45. The van der Waals surface area contributed by atoms with E-state index in [1.165, 1.54) is 0 Å². The number of amidine groups is 1. The third-order valence-electron chi connectivity index (χ3n) is 2.71. The van der Waals surface area contributed by atoms with Crippen molar-refractivity contribution in [1.29, 1.82) is 0 Å². The summed E-state index contributed by atoms with van der Waals surface area (Å²) in [5.41, 5.74) is 0. The molecule has 0 aliphatic carbocycles. The molecule has 1 saturated heterocycles. The summed E-state index contributed by atoms with van der Waals surface area (Å²) < 4.78 is 5.49. The van der Waals surface area contributed by atoms with Gasteiger partial charge in [0.15, 0.2) is 0 Å². The second-order valence-electron chi connectivity index (χ2n) is 3.83. The molecule has 0 bridgehead atoms. The van der Waals surface area contributed by atoms with Gasteiger partial charge in [0.1, 0.15) is 11.9 Å². The molecule has 4 nitrogen and oxygen atoms in total. The van der Waals surface area contributed by atoms with Crippen molar-refractivity contribution in [2.24, 2.45) is 4.99 Å². The quantitative estimate of drug-likeness (QED) is 0.728. The Balaban J connectivity index is 1.89. The molecular formula is C10H16N2O2. The van der Waals surface area contributed by atoms with Crippen molar-refractivity contribution in [3.63, 3.8) is 0 Å². The van der Waals surface area contributed by atoms with Crippen molar-refractivity contribution in [2.45, 2.75) is 44.8 Å². The van der Waals surface area contributed by atoms with Crippen LogP contribution in [0.3, 0.4) is 0 Å². The maximum atomic E-state index is 11.3. The Bertz CT molecular complexity index is 257. The number of nitrogens with zero attached hydrogens (tertiary/aromatic N) is 1. The van der Waals surface area contributed by atoms with Gasteiger partial charge in [-0.3, -0.25) is 9.79 Å². The highest BCUT2D eigenvalue weighted by Crippen LogP contribution is 2.17.